The number of para-hydroxylation sites is 1. The van der Waals surface area contributed by atoms with Gasteiger partial charge in [-0.3, -0.25) is 19.6 Å². The van der Waals surface area contributed by atoms with E-state index in [-0.39, 0.29) is 5.56 Å². The number of fused-ring (bicyclic) bond motifs is 1. The van der Waals surface area contributed by atoms with Gasteiger partial charge in [0, 0.05) is 57.9 Å². The molecular weight excluding hydrogens is 358 g/mol. The fraction of sp³-hybridized carbons (Fsp3) is 0.500. The number of aromatic nitrogens is 2. The summed E-state index contributed by atoms with van der Waals surface area (Å²) < 4.78 is 11.1. The number of H-pyrrole nitrogens is 1. The van der Waals surface area contributed by atoms with E-state index in [0.717, 1.165) is 43.2 Å². The number of hydrogen-bond acceptors (Lipinski definition) is 7. The molecule has 0 amide bonds. The smallest absolute Gasteiger partial charge is 0.252 e. The minimum atomic E-state index is -0.115. The van der Waals surface area contributed by atoms with Crippen molar-refractivity contribution in [1.82, 2.24) is 19.8 Å². The molecule has 1 fully saturated rings. The highest BCUT2D eigenvalue weighted by molar-refractivity contribution is 5.48. The highest BCUT2D eigenvalue weighted by atomic mass is 16.7. The molecule has 1 atom stereocenters. The van der Waals surface area contributed by atoms with Crippen molar-refractivity contribution in [2.75, 3.05) is 45.9 Å². The molecule has 1 aromatic heterocycles. The van der Waals surface area contributed by atoms with Crippen LogP contribution < -0.4 is 19.9 Å². The summed E-state index contributed by atoms with van der Waals surface area (Å²) in [6, 6.07) is 8.08. The first-order valence-electron chi connectivity index (χ1n) is 9.57. The first kappa shape index (κ1) is 18.8. The molecule has 28 heavy (non-hydrogen) atoms. The van der Waals surface area contributed by atoms with Gasteiger partial charge in [0.25, 0.3) is 5.56 Å². The van der Waals surface area contributed by atoms with Crippen LogP contribution in [-0.2, 0) is 13.1 Å². The zero-order valence-electron chi connectivity index (χ0n) is 16.6. The molecule has 0 radical (unpaired) electrons. The monoisotopic (exact) mass is 385 g/mol. The zero-order valence-corrected chi connectivity index (χ0v) is 16.6. The van der Waals surface area contributed by atoms with E-state index < -0.39 is 0 Å². The Morgan fingerprint density at radius 1 is 1.29 bits per heavy atom. The van der Waals surface area contributed by atoms with Crippen LogP contribution in [0.4, 0.5) is 5.95 Å². The van der Waals surface area contributed by atoms with Gasteiger partial charge in [-0.1, -0.05) is 12.1 Å². The molecule has 2 aromatic rings. The molecular formula is C20H27N5O3. The Kier molecular flexibility index (Phi) is 5.23. The lowest BCUT2D eigenvalue weighted by molar-refractivity contribution is 0.172. The highest BCUT2D eigenvalue weighted by Gasteiger charge is 2.28. The Bertz CT molecular complexity index is 898. The fourth-order valence-electron chi connectivity index (χ4n) is 3.84. The number of likely N-dealkylation sites (N-methyl/N-ethyl adjacent to an activating group) is 1. The SMILES string of the molecule is CN(C)c1nc(CN(C)[C@H]2CCN(Cc3cccc4c3OCO4)C2)cc(=O)[nH]1. The Morgan fingerprint density at radius 2 is 2.14 bits per heavy atom. The average Bonchev–Trinajstić information content (AvgIpc) is 3.31. The van der Waals surface area contributed by atoms with Gasteiger partial charge in [-0.2, -0.15) is 0 Å². The first-order chi connectivity index (χ1) is 13.5. The lowest BCUT2D eigenvalue weighted by atomic mass is 10.2. The van der Waals surface area contributed by atoms with E-state index in [2.05, 4.69) is 32.9 Å². The molecule has 150 valence electrons. The van der Waals surface area contributed by atoms with Gasteiger partial charge in [0.2, 0.25) is 12.7 Å². The van der Waals surface area contributed by atoms with Gasteiger partial charge >= 0.3 is 0 Å². The summed E-state index contributed by atoms with van der Waals surface area (Å²) in [4.78, 5) is 25.7. The van der Waals surface area contributed by atoms with Crippen molar-refractivity contribution in [3.8, 4) is 11.5 Å². The Labute approximate surface area is 164 Å². The maximum Gasteiger partial charge on any atom is 0.252 e. The van der Waals surface area contributed by atoms with E-state index in [1.165, 1.54) is 5.56 Å². The summed E-state index contributed by atoms with van der Waals surface area (Å²) in [5.74, 6) is 2.30. The van der Waals surface area contributed by atoms with Crippen molar-refractivity contribution in [3.05, 3.63) is 45.9 Å². The normalized spacial score (nSPS) is 18.8. The van der Waals surface area contributed by atoms with E-state index in [0.29, 0.717) is 25.3 Å². The molecule has 2 aliphatic heterocycles. The second-order valence-corrected chi connectivity index (χ2v) is 7.70. The van der Waals surface area contributed by atoms with Gasteiger partial charge in [0.05, 0.1) is 5.69 Å². The molecule has 0 unspecified atom stereocenters. The number of aromatic amines is 1. The molecule has 0 aliphatic carbocycles. The first-order valence-corrected chi connectivity index (χ1v) is 9.57. The number of rotatable bonds is 6. The number of ether oxygens (including phenoxy) is 2. The molecule has 0 saturated carbocycles. The second-order valence-electron chi connectivity index (χ2n) is 7.70. The lowest BCUT2D eigenvalue weighted by Gasteiger charge is -2.25. The lowest BCUT2D eigenvalue weighted by Crippen LogP contribution is -2.34. The van der Waals surface area contributed by atoms with Crippen LogP contribution in [0.5, 0.6) is 11.5 Å². The van der Waals surface area contributed by atoms with Crippen molar-refractivity contribution < 1.29 is 9.47 Å². The number of likely N-dealkylation sites (tertiary alicyclic amines) is 1. The van der Waals surface area contributed by atoms with Crippen LogP contribution in [0.15, 0.2) is 29.1 Å². The van der Waals surface area contributed by atoms with Gasteiger partial charge in [-0.15, -0.1) is 0 Å². The van der Waals surface area contributed by atoms with E-state index in [1.54, 1.807) is 6.07 Å². The number of nitrogens with one attached hydrogen (secondary N) is 1. The Hall–Kier alpha value is -2.58. The van der Waals surface area contributed by atoms with Gasteiger partial charge < -0.3 is 14.4 Å². The zero-order chi connectivity index (χ0) is 19.7. The van der Waals surface area contributed by atoms with E-state index in [1.807, 2.05) is 31.1 Å². The van der Waals surface area contributed by atoms with Crippen molar-refractivity contribution in [2.45, 2.75) is 25.6 Å². The third-order valence-electron chi connectivity index (χ3n) is 5.36. The summed E-state index contributed by atoms with van der Waals surface area (Å²) >= 11 is 0. The Morgan fingerprint density at radius 3 is 2.96 bits per heavy atom. The molecule has 3 heterocycles. The summed E-state index contributed by atoms with van der Waals surface area (Å²) in [6.45, 7) is 3.82. The average molecular weight is 385 g/mol. The van der Waals surface area contributed by atoms with Crippen LogP contribution in [0.25, 0.3) is 0 Å². The topological polar surface area (TPSA) is 73.9 Å². The maximum atomic E-state index is 11.9. The van der Waals surface area contributed by atoms with Gasteiger partial charge in [0.15, 0.2) is 11.5 Å². The van der Waals surface area contributed by atoms with Crippen LogP contribution in [0.2, 0.25) is 0 Å². The summed E-state index contributed by atoms with van der Waals surface area (Å²) in [7, 11) is 5.84. The van der Waals surface area contributed by atoms with Gasteiger partial charge in [-0.05, 0) is 19.5 Å². The third kappa shape index (κ3) is 3.98. The molecule has 0 spiro atoms. The van der Waals surface area contributed by atoms with Crippen molar-refractivity contribution in [2.24, 2.45) is 0 Å². The molecule has 8 heteroatoms. The van der Waals surface area contributed by atoms with Crippen LogP contribution >= 0.6 is 0 Å². The van der Waals surface area contributed by atoms with Crippen LogP contribution in [-0.4, -0.2) is 66.8 Å². The molecule has 4 rings (SSSR count). The van der Waals surface area contributed by atoms with Crippen molar-refractivity contribution in [1.29, 1.82) is 0 Å². The minimum absolute atomic E-state index is 0.115. The van der Waals surface area contributed by atoms with E-state index in [4.69, 9.17) is 9.47 Å². The second kappa shape index (κ2) is 7.81. The molecule has 8 nitrogen and oxygen atoms in total. The molecule has 1 N–H and O–H groups in total. The standard InChI is InChI=1S/C20H27N5O3/c1-23(2)20-21-15(9-18(26)22-20)11-24(3)16-7-8-25(12-16)10-14-5-4-6-17-19(14)28-13-27-17/h4-6,9,16H,7-8,10-13H2,1-3H3,(H,21,22,26)/t16-/m0/s1. The molecule has 1 saturated heterocycles. The van der Waals surface area contributed by atoms with Crippen molar-refractivity contribution >= 4 is 5.95 Å². The number of nitrogens with zero attached hydrogens (tertiary/aromatic N) is 4. The predicted molar refractivity (Wildman–Crippen MR) is 107 cm³/mol. The molecule has 2 aliphatic rings. The number of hydrogen-bond donors (Lipinski definition) is 1. The Balaban J connectivity index is 1.38. The van der Waals surface area contributed by atoms with E-state index in [9.17, 15) is 4.79 Å². The number of anilines is 1. The fourth-order valence-corrected chi connectivity index (χ4v) is 3.84. The molecule has 1 aromatic carbocycles. The van der Waals surface area contributed by atoms with Gasteiger partial charge in [0.1, 0.15) is 0 Å². The van der Waals surface area contributed by atoms with Crippen LogP contribution in [0.1, 0.15) is 17.7 Å². The minimum Gasteiger partial charge on any atom is -0.454 e. The maximum absolute atomic E-state index is 11.9. The summed E-state index contributed by atoms with van der Waals surface area (Å²) in [6.07, 6.45) is 1.09. The van der Waals surface area contributed by atoms with Gasteiger partial charge in [-0.25, -0.2) is 4.98 Å². The largest absolute Gasteiger partial charge is 0.454 e. The summed E-state index contributed by atoms with van der Waals surface area (Å²) in [5.41, 5.74) is 1.85. The predicted octanol–water partition coefficient (Wildman–Crippen LogP) is 1.27. The third-order valence-corrected chi connectivity index (χ3v) is 5.36. The van der Waals surface area contributed by atoms with E-state index >= 15 is 0 Å². The highest BCUT2D eigenvalue weighted by Crippen LogP contribution is 2.36. The summed E-state index contributed by atoms with van der Waals surface area (Å²) in [5, 5.41) is 0. The van der Waals surface area contributed by atoms with Crippen LogP contribution in [0, 0.1) is 0 Å². The van der Waals surface area contributed by atoms with Crippen molar-refractivity contribution in [3.63, 3.8) is 0 Å². The van der Waals surface area contributed by atoms with Crippen LogP contribution in [0.3, 0.4) is 0 Å². The number of benzene rings is 1. The quantitative estimate of drug-likeness (QED) is 0.803. The molecule has 0 bridgehead atoms.